The first-order valence-electron chi connectivity index (χ1n) is 7.96. The van der Waals surface area contributed by atoms with Crippen LogP contribution in [-0.2, 0) is 16.0 Å². The lowest BCUT2D eigenvalue weighted by Crippen LogP contribution is -2.49. The highest BCUT2D eigenvalue weighted by Gasteiger charge is 2.22. The lowest BCUT2D eigenvalue weighted by atomic mass is 10.1. The van der Waals surface area contributed by atoms with E-state index in [1.165, 1.54) is 19.3 Å². The zero-order chi connectivity index (χ0) is 18.1. The molecule has 2 rings (SSSR count). The maximum absolute atomic E-state index is 12.4. The smallest absolute Gasteiger partial charge is 0.287 e. The third kappa shape index (κ3) is 6.14. The molecule has 0 saturated carbocycles. The van der Waals surface area contributed by atoms with Gasteiger partial charge < -0.3 is 20.4 Å². The fourth-order valence-corrected chi connectivity index (χ4v) is 2.24. The highest BCUT2D eigenvalue weighted by atomic mass is 16.3. The summed E-state index contributed by atoms with van der Waals surface area (Å²) in [6.07, 6.45) is 1.74. The lowest BCUT2D eigenvalue weighted by Gasteiger charge is -2.18. The second kappa shape index (κ2) is 9.27. The van der Waals surface area contributed by atoms with Crippen molar-refractivity contribution in [3.05, 3.63) is 60.1 Å². The van der Waals surface area contributed by atoms with Crippen LogP contribution >= 0.6 is 0 Å². The van der Waals surface area contributed by atoms with Crippen molar-refractivity contribution in [3.63, 3.8) is 0 Å². The molecule has 3 N–H and O–H groups in total. The Morgan fingerprint density at radius 2 is 1.72 bits per heavy atom. The Labute approximate surface area is 145 Å². The second-order valence-corrected chi connectivity index (χ2v) is 5.47. The highest BCUT2D eigenvalue weighted by molar-refractivity contribution is 5.95. The predicted molar refractivity (Wildman–Crippen MR) is 91.8 cm³/mol. The first kappa shape index (κ1) is 18.3. The number of amides is 3. The van der Waals surface area contributed by atoms with Crippen LogP contribution in [0.5, 0.6) is 0 Å². The zero-order valence-corrected chi connectivity index (χ0v) is 14.0. The molecule has 0 aliphatic heterocycles. The van der Waals surface area contributed by atoms with Gasteiger partial charge in [0.25, 0.3) is 5.91 Å². The van der Waals surface area contributed by atoms with Crippen LogP contribution in [0.25, 0.3) is 0 Å². The van der Waals surface area contributed by atoms with Gasteiger partial charge in [-0.05, 0) is 17.7 Å². The molecule has 0 fully saturated rings. The van der Waals surface area contributed by atoms with E-state index in [0.29, 0.717) is 13.0 Å². The molecule has 132 valence electrons. The zero-order valence-electron chi connectivity index (χ0n) is 14.0. The lowest BCUT2D eigenvalue weighted by molar-refractivity contribution is -0.123. The fraction of sp³-hybridized carbons (Fsp3) is 0.278. The van der Waals surface area contributed by atoms with Gasteiger partial charge in [0.2, 0.25) is 11.8 Å². The van der Waals surface area contributed by atoms with Crippen molar-refractivity contribution in [1.82, 2.24) is 16.0 Å². The molecule has 3 amide bonds. The molecule has 0 aliphatic rings. The molecular formula is C18H21N3O4. The molecule has 1 atom stereocenters. The Balaban J connectivity index is 1.99. The highest BCUT2D eigenvalue weighted by Crippen LogP contribution is 2.06. The Morgan fingerprint density at radius 3 is 2.36 bits per heavy atom. The molecular weight excluding hydrogens is 322 g/mol. The predicted octanol–water partition coefficient (Wildman–Crippen LogP) is 0.873. The minimum absolute atomic E-state index is 0.143. The third-order valence-electron chi connectivity index (χ3n) is 3.45. The van der Waals surface area contributed by atoms with E-state index in [0.717, 1.165) is 5.56 Å². The minimum Gasteiger partial charge on any atom is -0.459 e. The molecule has 1 heterocycles. The van der Waals surface area contributed by atoms with Crippen LogP contribution in [0.15, 0.2) is 53.1 Å². The molecule has 7 nitrogen and oxygen atoms in total. The van der Waals surface area contributed by atoms with Gasteiger partial charge in [-0.2, -0.15) is 0 Å². The van der Waals surface area contributed by atoms with Crippen LogP contribution in [0.4, 0.5) is 0 Å². The van der Waals surface area contributed by atoms with E-state index >= 15 is 0 Å². The van der Waals surface area contributed by atoms with Crippen molar-refractivity contribution < 1.29 is 18.8 Å². The number of rotatable bonds is 8. The van der Waals surface area contributed by atoms with Gasteiger partial charge in [0.15, 0.2) is 5.76 Å². The number of carbonyl (C=O) groups is 3. The molecule has 2 aromatic rings. The summed E-state index contributed by atoms with van der Waals surface area (Å²) in [5.41, 5.74) is 0.921. The number of carbonyl (C=O) groups excluding carboxylic acids is 3. The van der Waals surface area contributed by atoms with Crippen LogP contribution < -0.4 is 16.0 Å². The Morgan fingerprint density at radius 1 is 1.00 bits per heavy atom. The maximum atomic E-state index is 12.4. The van der Waals surface area contributed by atoms with Crippen molar-refractivity contribution in [1.29, 1.82) is 0 Å². The normalized spacial score (nSPS) is 11.4. The van der Waals surface area contributed by atoms with E-state index in [1.54, 1.807) is 6.07 Å². The molecule has 0 unspecified atom stereocenters. The molecule has 0 spiro atoms. The average Bonchev–Trinajstić information content (AvgIpc) is 3.13. The number of benzene rings is 1. The first-order valence-corrected chi connectivity index (χ1v) is 7.96. The summed E-state index contributed by atoms with van der Waals surface area (Å²) in [5, 5.41) is 7.99. The molecule has 1 aromatic heterocycles. The van der Waals surface area contributed by atoms with Gasteiger partial charge in [-0.3, -0.25) is 14.4 Å². The van der Waals surface area contributed by atoms with Gasteiger partial charge in [-0.1, -0.05) is 30.3 Å². The Hall–Kier alpha value is -3.09. The Bertz CT molecular complexity index is 698. The van der Waals surface area contributed by atoms with Gasteiger partial charge in [0.05, 0.1) is 6.26 Å². The van der Waals surface area contributed by atoms with E-state index < -0.39 is 11.9 Å². The van der Waals surface area contributed by atoms with Crippen LogP contribution in [0, 0.1) is 0 Å². The van der Waals surface area contributed by atoms with E-state index in [9.17, 15) is 14.4 Å². The summed E-state index contributed by atoms with van der Waals surface area (Å²) in [7, 11) is 0. The Kier molecular flexibility index (Phi) is 6.76. The van der Waals surface area contributed by atoms with Crippen LogP contribution in [-0.4, -0.2) is 36.9 Å². The SMILES string of the molecule is CC(=O)NCCNC(=O)[C@H](Cc1ccccc1)NC(=O)c1ccco1. The topological polar surface area (TPSA) is 100 Å². The van der Waals surface area contributed by atoms with Crippen LogP contribution in [0.3, 0.4) is 0 Å². The second-order valence-electron chi connectivity index (χ2n) is 5.47. The monoisotopic (exact) mass is 343 g/mol. The molecule has 7 heteroatoms. The standard InChI is InChI=1S/C18H21N3O4/c1-13(22)19-9-10-20-17(23)15(12-14-6-3-2-4-7-14)21-18(24)16-8-5-11-25-16/h2-8,11,15H,9-10,12H2,1H3,(H,19,22)(H,20,23)(H,21,24)/t15-/m0/s1. The summed E-state index contributed by atoms with van der Waals surface area (Å²) in [6, 6.07) is 11.8. The minimum atomic E-state index is -0.752. The number of hydrogen-bond donors (Lipinski definition) is 3. The van der Waals surface area contributed by atoms with Gasteiger partial charge in [-0.15, -0.1) is 0 Å². The fourth-order valence-electron chi connectivity index (χ4n) is 2.24. The van der Waals surface area contributed by atoms with Gasteiger partial charge in [-0.25, -0.2) is 0 Å². The largest absolute Gasteiger partial charge is 0.459 e. The number of furan rings is 1. The molecule has 0 bridgehead atoms. The number of hydrogen-bond acceptors (Lipinski definition) is 4. The third-order valence-corrected chi connectivity index (χ3v) is 3.45. The summed E-state index contributed by atoms with van der Waals surface area (Å²) in [4.78, 5) is 35.5. The molecule has 0 radical (unpaired) electrons. The van der Waals surface area contributed by atoms with Crippen LogP contribution in [0.2, 0.25) is 0 Å². The van der Waals surface area contributed by atoms with Crippen molar-refractivity contribution in [2.45, 2.75) is 19.4 Å². The van der Waals surface area contributed by atoms with Crippen molar-refractivity contribution in [2.24, 2.45) is 0 Å². The molecule has 1 aromatic carbocycles. The van der Waals surface area contributed by atoms with Crippen molar-refractivity contribution >= 4 is 17.7 Å². The summed E-state index contributed by atoms with van der Waals surface area (Å²) in [6.45, 7) is 2.01. The molecule has 0 saturated heterocycles. The molecule has 25 heavy (non-hydrogen) atoms. The average molecular weight is 343 g/mol. The molecule has 0 aliphatic carbocycles. The van der Waals surface area contributed by atoms with Gasteiger partial charge in [0.1, 0.15) is 6.04 Å². The summed E-state index contributed by atoms with van der Waals surface area (Å²) in [5.74, 6) is -0.803. The summed E-state index contributed by atoms with van der Waals surface area (Å²) < 4.78 is 5.06. The van der Waals surface area contributed by atoms with E-state index in [4.69, 9.17) is 4.42 Å². The quantitative estimate of drug-likeness (QED) is 0.619. The maximum Gasteiger partial charge on any atom is 0.287 e. The summed E-state index contributed by atoms with van der Waals surface area (Å²) >= 11 is 0. The van der Waals surface area contributed by atoms with Gasteiger partial charge >= 0.3 is 0 Å². The van der Waals surface area contributed by atoms with Crippen molar-refractivity contribution in [3.8, 4) is 0 Å². The number of nitrogens with one attached hydrogen (secondary N) is 3. The van der Waals surface area contributed by atoms with E-state index in [2.05, 4.69) is 16.0 Å². The van der Waals surface area contributed by atoms with Crippen molar-refractivity contribution in [2.75, 3.05) is 13.1 Å². The van der Waals surface area contributed by atoms with E-state index in [-0.39, 0.29) is 24.1 Å². The first-order chi connectivity index (χ1) is 12.1. The van der Waals surface area contributed by atoms with E-state index in [1.807, 2.05) is 30.3 Å². The van der Waals surface area contributed by atoms with Gasteiger partial charge in [0, 0.05) is 26.4 Å². The van der Waals surface area contributed by atoms with Crippen LogP contribution in [0.1, 0.15) is 23.0 Å².